The van der Waals surface area contributed by atoms with Gasteiger partial charge in [0.1, 0.15) is 0 Å². The molecule has 18 heavy (non-hydrogen) atoms. The molecule has 1 heterocycles. The molecule has 2 heteroatoms. The number of Topliss-reactive ketones (excluding diaryl/α,β-unsaturated/α-hetero) is 1. The van der Waals surface area contributed by atoms with E-state index < -0.39 is 0 Å². The van der Waals surface area contributed by atoms with Crippen LogP contribution in [0, 0.1) is 11.8 Å². The lowest BCUT2D eigenvalue weighted by molar-refractivity contribution is 0.0838. The minimum absolute atomic E-state index is 0.0554. The summed E-state index contributed by atoms with van der Waals surface area (Å²) >= 11 is 0. The zero-order chi connectivity index (χ0) is 13.1. The fourth-order valence-corrected chi connectivity index (χ4v) is 2.83. The van der Waals surface area contributed by atoms with Gasteiger partial charge in [-0.15, -0.1) is 0 Å². The van der Waals surface area contributed by atoms with E-state index in [4.69, 9.17) is 0 Å². The normalized spacial score (nSPS) is 26.2. The van der Waals surface area contributed by atoms with E-state index in [0.717, 1.165) is 25.1 Å². The molecule has 98 valence electrons. The number of carbonyl (C=O) groups is 1. The van der Waals surface area contributed by atoms with Crippen molar-refractivity contribution in [2.24, 2.45) is 11.8 Å². The maximum Gasteiger partial charge on any atom is 0.179 e. The number of nitrogens with zero attached hydrogens (tertiary/aromatic N) is 1. The molecule has 0 amide bonds. The van der Waals surface area contributed by atoms with Crippen LogP contribution in [0.2, 0.25) is 0 Å². The lowest BCUT2D eigenvalue weighted by Gasteiger charge is -2.25. The smallest absolute Gasteiger partial charge is 0.179 e. The van der Waals surface area contributed by atoms with Crippen LogP contribution in [-0.4, -0.2) is 29.8 Å². The average Bonchev–Trinajstić information content (AvgIpc) is 2.71. The fourth-order valence-electron chi connectivity index (χ4n) is 2.83. The molecule has 2 rings (SSSR count). The molecule has 3 unspecified atom stereocenters. The van der Waals surface area contributed by atoms with E-state index in [2.05, 4.69) is 25.7 Å². The quantitative estimate of drug-likeness (QED) is 0.759. The van der Waals surface area contributed by atoms with Gasteiger partial charge in [-0.05, 0) is 18.3 Å². The molecular weight excluding hydrogens is 222 g/mol. The molecule has 0 bridgehead atoms. The number of benzene rings is 1. The topological polar surface area (TPSA) is 20.3 Å². The van der Waals surface area contributed by atoms with Crippen LogP contribution in [0.3, 0.4) is 0 Å². The van der Waals surface area contributed by atoms with Gasteiger partial charge in [0, 0.05) is 18.7 Å². The Morgan fingerprint density at radius 1 is 1.22 bits per heavy atom. The molecule has 1 fully saturated rings. The van der Waals surface area contributed by atoms with Crippen molar-refractivity contribution in [1.82, 2.24) is 4.90 Å². The Kier molecular flexibility index (Phi) is 4.18. The van der Waals surface area contributed by atoms with Crippen molar-refractivity contribution in [3.8, 4) is 0 Å². The summed E-state index contributed by atoms with van der Waals surface area (Å²) in [7, 11) is 0. The van der Waals surface area contributed by atoms with Crippen molar-refractivity contribution >= 4 is 5.78 Å². The highest BCUT2D eigenvalue weighted by atomic mass is 16.1. The summed E-state index contributed by atoms with van der Waals surface area (Å²) in [5, 5.41) is 0. The molecule has 0 aromatic heterocycles. The standard InChI is InChI=1S/C16H23NO/c1-4-15(17-10-12(2)13(3)11-17)16(18)14-8-6-5-7-9-14/h5-9,12-13,15H,4,10-11H2,1-3H3. The van der Waals surface area contributed by atoms with Crippen molar-refractivity contribution in [3.63, 3.8) is 0 Å². The Morgan fingerprint density at radius 2 is 1.78 bits per heavy atom. The molecule has 2 nitrogen and oxygen atoms in total. The Hall–Kier alpha value is -1.15. The summed E-state index contributed by atoms with van der Waals surface area (Å²) in [4.78, 5) is 14.9. The Labute approximate surface area is 110 Å². The van der Waals surface area contributed by atoms with E-state index in [9.17, 15) is 4.79 Å². The summed E-state index contributed by atoms with van der Waals surface area (Å²) < 4.78 is 0. The molecule has 1 aliphatic rings. The second-order valence-electron chi connectivity index (χ2n) is 5.56. The van der Waals surface area contributed by atoms with E-state index in [-0.39, 0.29) is 11.8 Å². The van der Waals surface area contributed by atoms with Gasteiger partial charge in [0.15, 0.2) is 5.78 Å². The van der Waals surface area contributed by atoms with E-state index in [1.165, 1.54) is 0 Å². The summed E-state index contributed by atoms with van der Waals surface area (Å²) in [5.74, 6) is 1.67. The van der Waals surface area contributed by atoms with Gasteiger partial charge in [0.2, 0.25) is 0 Å². The van der Waals surface area contributed by atoms with Crippen LogP contribution >= 0.6 is 0 Å². The van der Waals surface area contributed by atoms with Gasteiger partial charge in [-0.3, -0.25) is 9.69 Å². The largest absolute Gasteiger partial charge is 0.293 e. The van der Waals surface area contributed by atoms with E-state index in [1.54, 1.807) is 0 Å². The third-order valence-corrected chi connectivity index (χ3v) is 4.20. The second-order valence-corrected chi connectivity index (χ2v) is 5.56. The van der Waals surface area contributed by atoms with E-state index >= 15 is 0 Å². The highest BCUT2D eigenvalue weighted by Crippen LogP contribution is 2.26. The predicted octanol–water partition coefficient (Wildman–Crippen LogP) is 3.24. The zero-order valence-corrected chi connectivity index (χ0v) is 11.6. The van der Waals surface area contributed by atoms with Crippen molar-refractivity contribution in [2.75, 3.05) is 13.1 Å². The Balaban J connectivity index is 2.12. The minimum Gasteiger partial charge on any atom is -0.293 e. The lowest BCUT2D eigenvalue weighted by Crippen LogP contribution is -2.39. The van der Waals surface area contributed by atoms with Crippen molar-refractivity contribution < 1.29 is 4.79 Å². The van der Waals surface area contributed by atoms with Crippen LogP contribution in [0.15, 0.2) is 30.3 Å². The first-order valence-corrected chi connectivity index (χ1v) is 6.96. The van der Waals surface area contributed by atoms with Gasteiger partial charge in [0.05, 0.1) is 6.04 Å². The van der Waals surface area contributed by atoms with Crippen LogP contribution in [0.5, 0.6) is 0 Å². The van der Waals surface area contributed by atoms with Crippen molar-refractivity contribution in [1.29, 1.82) is 0 Å². The highest BCUT2D eigenvalue weighted by molar-refractivity contribution is 6.00. The lowest BCUT2D eigenvalue weighted by atomic mass is 10.0. The maximum atomic E-state index is 12.5. The number of likely N-dealkylation sites (tertiary alicyclic amines) is 1. The molecule has 0 N–H and O–H groups in total. The van der Waals surface area contributed by atoms with Gasteiger partial charge in [0.25, 0.3) is 0 Å². The van der Waals surface area contributed by atoms with Crippen molar-refractivity contribution in [3.05, 3.63) is 35.9 Å². The number of hydrogen-bond donors (Lipinski definition) is 0. The number of carbonyl (C=O) groups excluding carboxylic acids is 1. The number of rotatable bonds is 4. The molecule has 0 radical (unpaired) electrons. The summed E-state index contributed by atoms with van der Waals surface area (Å²) in [5.41, 5.74) is 0.844. The maximum absolute atomic E-state index is 12.5. The number of hydrogen-bond acceptors (Lipinski definition) is 2. The molecule has 0 saturated carbocycles. The molecular formula is C16H23NO. The molecule has 1 aliphatic heterocycles. The monoisotopic (exact) mass is 245 g/mol. The highest BCUT2D eigenvalue weighted by Gasteiger charge is 2.33. The first-order valence-electron chi connectivity index (χ1n) is 6.96. The van der Waals surface area contributed by atoms with Crippen molar-refractivity contribution in [2.45, 2.75) is 33.2 Å². The van der Waals surface area contributed by atoms with Gasteiger partial charge in [-0.2, -0.15) is 0 Å². The van der Waals surface area contributed by atoms with Crippen LogP contribution in [0.25, 0.3) is 0 Å². The first-order chi connectivity index (χ1) is 8.63. The van der Waals surface area contributed by atoms with E-state index in [1.807, 2.05) is 30.3 Å². The summed E-state index contributed by atoms with van der Waals surface area (Å²) in [6, 6.07) is 9.74. The van der Waals surface area contributed by atoms with Crippen LogP contribution < -0.4 is 0 Å². The molecule has 1 saturated heterocycles. The SMILES string of the molecule is CCC(C(=O)c1ccccc1)N1CC(C)C(C)C1. The Bertz CT molecular complexity index is 391. The molecule has 0 aliphatic carbocycles. The van der Waals surface area contributed by atoms with Gasteiger partial charge in [-0.25, -0.2) is 0 Å². The summed E-state index contributed by atoms with van der Waals surface area (Å²) in [6.45, 7) is 8.78. The summed E-state index contributed by atoms with van der Waals surface area (Å²) in [6.07, 6.45) is 0.896. The van der Waals surface area contributed by atoms with Gasteiger partial charge in [-0.1, -0.05) is 51.1 Å². The first kappa shape index (κ1) is 13.3. The minimum atomic E-state index is 0.0554. The van der Waals surface area contributed by atoms with Gasteiger partial charge < -0.3 is 0 Å². The third-order valence-electron chi connectivity index (χ3n) is 4.20. The predicted molar refractivity (Wildman–Crippen MR) is 74.8 cm³/mol. The van der Waals surface area contributed by atoms with Crippen LogP contribution in [0.4, 0.5) is 0 Å². The molecule has 1 aromatic carbocycles. The average molecular weight is 245 g/mol. The van der Waals surface area contributed by atoms with Crippen LogP contribution in [0.1, 0.15) is 37.6 Å². The number of ketones is 1. The second kappa shape index (κ2) is 5.66. The Morgan fingerprint density at radius 3 is 2.28 bits per heavy atom. The molecule has 0 spiro atoms. The fraction of sp³-hybridized carbons (Fsp3) is 0.562. The molecule has 3 atom stereocenters. The third kappa shape index (κ3) is 2.64. The van der Waals surface area contributed by atoms with Crippen LogP contribution in [-0.2, 0) is 0 Å². The zero-order valence-electron chi connectivity index (χ0n) is 11.6. The van der Waals surface area contributed by atoms with E-state index in [0.29, 0.717) is 11.8 Å². The molecule has 1 aromatic rings. The van der Waals surface area contributed by atoms with Gasteiger partial charge >= 0.3 is 0 Å².